The van der Waals surface area contributed by atoms with E-state index in [1.165, 1.54) is 53.9 Å². The van der Waals surface area contributed by atoms with Gasteiger partial charge in [0.05, 0.1) is 22.5 Å². The second kappa shape index (κ2) is 13.1. The van der Waals surface area contributed by atoms with Crippen LogP contribution in [0, 0.1) is 0 Å². The van der Waals surface area contributed by atoms with Crippen LogP contribution in [0.2, 0.25) is 0 Å². The molecule has 2 aliphatic rings. The predicted octanol–water partition coefficient (Wildman–Crippen LogP) is 12.4. The summed E-state index contributed by atoms with van der Waals surface area (Å²) in [5, 5.41) is 2.51. The van der Waals surface area contributed by atoms with E-state index >= 15 is 0 Å². The molecule has 0 amide bonds. The Morgan fingerprint density at radius 1 is 0.446 bits per heavy atom. The van der Waals surface area contributed by atoms with Crippen LogP contribution >= 0.6 is 11.8 Å². The molecule has 0 N–H and O–H groups in total. The van der Waals surface area contributed by atoms with Gasteiger partial charge in [-0.2, -0.15) is 0 Å². The highest BCUT2D eigenvalue weighted by atomic mass is 32.2. The molecule has 0 saturated carbocycles. The Morgan fingerprint density at radius 2 is 1.18 bits per heavy atom. The fourth-order valence-electron chi connectivity index (χ4n) is 8.54. The summed E-state index contributed by atoms with van der Waals surface area (Å²) in [4.78, 5) is 22.1. The molecular weight excluding hydrogens is 701 g/mol. The smallest absolute Gasteiger partial charge is 0.161 e. The van der Waals surface area contributed by atoms with E-state index in [2.05, 4.69) is 157 Å². The van der Waals surface area contributed by atoms with Crippen LogP contribution in [0.1, 0.15) is 33.4 Å². The maximum atomic E-state index is 5.30. The quantitative estimate of drug-likeness (QED) is 0.180. The van der Waals surface area contributed by atoms with Gasteiger partial charge in [0.2, 0.25) is 0 Å². The van der Waals surface area contributed by atoms with Crippen molar-refractivity contribution in [3.63, 3.8) is 0 Å². The SMILES string of the molecule is C1=Cc2ccc(-c3cc(-c4ccccc4)nc(-c4ccc(-c5cccnc5)nc4)n3)cc2C2(c3ccccc31)c1ccccc1Sc1c2ccc2ccccc12. The van der Waals surface area contributed by atoms with E-state index in [-0.39, 0.29) is 0 Å². The minimum atomic E-state index is -0.600. The van der Waals surface area contributed by atoms with Crippen molar-refractivity contribution in [2.75, 3.05) is 0 Å². The molecule has 56 heavy (non-hydrogen) atoms. The minimum absolute atomic E-state index is 0.600. The molecule has 262 valence electrons. The van der Waals surface area contributed by atoms with Gasteiger partial charge in [0.15, 0.2) is 5.82 Å². The van der Waals surface area contributed by atoms with Gasteiger partial charge in [-0.3, -0.25) is 9.97 Å². The normalized spacial score (nSPS) is 15.1. The predicted molar refractivity (Wildman–Crippen MR) is 228 cm³/mol. The van der Waals surface area contributed by atoms with Crippen molar-refractivity contribution in [1.29, 1.82) is 0 Å². The Kier molecular flexibility index (Phi) is 7.61. The molecule has 1 atom stereocenters. The van der Waals surface area contributed by atoms with Crippen LogP contribution in [0.15, 0.2) is 192 Å². The standard InChI is InChI=1S/C51H32N4S/c1-2-13-36(14-3-1)46-30-47(55-50(54-46)39-25-27-45(53-32-39)38-15-10-28-52-31-38)37-23-22-35-21-20-34-12-5-7-17-41(34)51(44(35)29-37)42-18-8-9-19-48(42)56-49-40-16-6-4-11-33(40)24-26-43(49)51/h1-32H. The summed E-state index contributed by atoms with van der Waals surface area (Å²) in [5.74, 6) is 0.623. The molecule has 3 aromatic heterocycles. The van der Waals surface area contributed by atoms with Gasteiger partial charge in [-0.15, -0.1) is 0 Å². The summed E-state index contributed by atoms with van der Waals surface area (Å²) >= 11 is 1.88. The van der Waals surface area contributed by atoms with Gasteiger partial charge in [0.1, 0.15) is 0 Å². The molecule has 9 aromatic rings. The number of benzene rings is 6. The molecule has 0 bridgehead atoms. The van der Waals surface area contributed by atoms with Crippen LogP contribution in [-0.4, -0.2) is 19.9 Å². The van der Waals surface area contributed by atoms with E-state index in [1.807, 2.05) is 48.4 Å². The zero-order valence-electron chi connectivity index (χ0n) is 30.2. The third kappa shape index (κ3) is 5.16. The first-order valence-electron chi connectivity index (χ1n) is 18.8. The summed E-state index contributed by atoms with van der Waals surface area (Å²) < 4.78 is 0. The lowest BCUT2D eigenvalue weighted by atomic mass is 9.63. The third-order valence-corrected chi connectivity index (χ3v) is 12.3. The van der Waals surface area contributed by atoms with Crippen LogP contribution in [0.25, 0.3) is 68.1 Å². The highest BCUT2D eigenvalue weighted by Gasteiger charge is 2.47. The molecule has 0 radical (unpaired) electrons. The van der Waals surface area contributed by atoms with Gasteiger partial charge < -0.3 is 0 Å². The van der Waals surface area contributed by atoms with Crippen LogP contribution in [0.4, 0.5) is 0 Å². The van der Waals surface area contributed by atoms with Crippen LogP contribution < -0.4 is 0 Å². The second-order valence-electron chi connectivity index (χ2n) is 14.2. The Hall–Kier alpha value is -6.95. The lowest BCUT2D eigenvalue weighted by Crippen LogP contribution is -2.35. The summed E-state index contributed by atoms with van der Waals surface area (Å²) in [6.45, 7) is 0. The van der Waals surface area contributed by atoms with E-state index in [0.717, 1.165) is 39.3 Å². The first-order chi connectivity index (χ1) is 27.7. The Labute approximate surface area is 329 Å². The number of fused-ring (bicyclic) bond motifs is 10. The van der Waals surface area contributed by atoms with Crippen molar-refractivity contribution >= 4 is 34.7 Å². The van der Waals surface area contributed by atoms with Crippen LogP contribution in [-0.2, 0) is 5.41 Å². The molecule has 6 aromatic carbocycles. The molecule has 11 rings (SSSR count). The largest absolute Gasteiger partial charge is 0.264 e. The first kappa shape index (κ1) is 32.5. The van der Waals surface area contributed by atoms with Crippen molar-refractivity contribution in [2.24, 2.45) is 0 Å². The van der Waals surface area contributed by atoms with E-state index < -0.39 is 5.41 Å². The van der Waals surface area contributed by atoms with E-state index in [9.17, 15) is 0 Å². The maximum Gasteiger partial charge on any atom is 0.161 e. The minimum Gasteiger partial charge on any atom is -0.264 e. The maximum absolute atomic E-state index is 5.30. The number of nitrogens with zero attached hydrogens (tertiary/aromatic N) is 4. The highest BCUT2D eigenvalue weighted by Crippen LogP contribution is 2.59. The van der Waals surface area contributed by atoms with Gasteiger partial charge in [-0.25, -0.2) is 9.97 Å². The van der Waals surface area contributed by atoms with Crippen LogP contribution in [0.3, 0.4) is 0 Å². The number of rotatable bonds is 4. The molecule has 0 fully saturated rings. The Balaban J connectivity index is 1.17. The Bertz CT molecular complexity index is 3000. The average molecular weight is 733 g/mol. The summed E-state index contributed by atoms with van der Waals surface area (Å²) in [7, 11) is 0. The zero-order chi connectivity index (χ0) is 37.1. The van der Waals surface area contributed by atoms with Gasteiger partial charge in [0, 0.05) is 50.6 Å². The van der Waals surface area contributed by atoms with E-state index in [0.29, 0.717) is 5.82 Å². The topological polar surface area (TPSA) is 51.6 Å². The van der Waals surface area contributed by atoms with Crippen molar-refractivity contribution < 1.29 is 0 Å². The third-order valence-electron chi connectivity index (χ3n) is 11.1. The van der Waals surface area contributed by atoms with Gasteiger partial charge >= 0.3 is 0 Å². The number of pyridine rings is 2. The van der Waals surface area contributed by atoms with Gasteiger partial charge in [0.25, 0.3) is 0 Å². The van der Waals surface area contributed by atoms with Crippen molar-refractivity contribution in [2.45, 2.75) is 15.2 Å². The Morgan fingerprint density at radius 3 is 2.02 bits per heavy atom. The van der Waals surface area contributed by atoms with E-state index in [1.54, 1.807) is 6.20 Å². The van der Waals surface area contributed by atoms with Crippen molar-refractivity contribution in [1.82, 2.24) is 19.9 Å². The molecule has 4 nitrogen and oxygen atoms in total. The molecule has 4 heterocycles. The van der Waals surface area contributed by atoms with Crippen LogP contribution in [0.5, 0.6) is 0 Å². The fourth-order valence-corrected chi connectivity index (χ4v) is 9.86. The zero-order valence-corrected chi connectivity index (χ0v) is 31.0. The monoisotopic (exact) mass is 732 g/mol. The van der Waals surface area contributed by atoms with Crippen molar-refractivity contribution in [3.05, 3.63) is 216 Å². The van der Waals surface area contributed by atoms with Gasteiger partial charge in [-0.05, 0) is 86.6 Å². The lowest BCUT2D eigenvalue weighted by Gasteiger charge is -2.43. The van der Waals surface area contributed by atoms with Crippen molar-refractivity contribution in [3.8, 4) is 45.2 Å². The van der Waals surface area contributed by atoms with Gasteiger partial charge in [-0.1, -0.05) is 145 Å². The highest BCUT2D eigenvalue weighted by molar-refractivity contribution is 7.99. The molecule has 1 spiro atoms. The molecule has 5 heteroatoms. The lowest BCUT2D eigenvalue weighted by molar-refractivity contribution is 0.704. The molecular formula is C51H32N4S. The molecule has 1 unspecified atom stereocenters. The summed E-state index contributed by atoms with van der Waals surface area (Å²) in [6, 6.07) is 58.7. The average Bonchev–Trinajstić information content (AvgIpc) is 3.42. The second-order valence-corrected chi connectivity index (χ2v) is 15.3. The molecule has 1 aliphatic carbocycles. The number of hydrogen-bond acceptors (Lipinski definition) is 5. The molecule has 0 saturated heterocycles. The number of aromatic nitrogens is 4. The summed E-state index contributed by atoms with van der Waals surface area (Å²) in [5.41, 5.74) is 13.3. The number of hydrogen-bond donors (Lipinski definition) is 0. The molecule has 1 aliphatic heterocycles. The summed E-state index contributed by atoms with van der Waals surface area (Å²) in [6.07, 6.45) is 10.0. The fraction of sp³-hybridized carbons (Fsp3) is 0.0196. The first-order valence-corrected chi connectivity index (χ1v) is 19.6. The van der Waals surface area contributed by atoms with E-state index in [4.69, 9.17) is 15.0 Å².